The summed E-state index contributed by atoms with van der Waals surface area (Å²) in [5.41, 5.74) is 1.93. The Bertz CT molecular complexity index is 852. The van der Waals surface area contributed by atoms with Gasteiger partial charge in [-0.2, -0.15) is 5.10 Å². The average molecular weight is 356 g/mol. The van der Waals surface area contributed by atoms with E-state index in [1.165, 1.54) is 23.5 Å². The summed E-state index contributed by atoms with van der Waals surface area (Å²) < 4.78 is 9.13. The van der Waals surface area contributed by atoms with Crippen LogP contribution in [0.2, 0.25) is 0 Å². The van der Waals surface area contributed by atoms with E-state index in [-0.39, 0.29) is 23.9 Å². The first-order valence-electron chi connectivity index (χ1n) is 9.13. The number of rotatable bonds is 6. The molecule has 1 aliphatic carbocycles. The van der Waals surface area contributed by atoms with Gasteiger partial charge in [0.05, 0.1) is 12.3 Å². The van der Waals surface area contributed by atoms with Crippen molar-refractivity contribution in [3.8, 4) is 0 Å². The summed E-state index contributed by atoms with van der Waals surface area (Å²) in [5.74, 6) is 0.736. The molecule has 0 bridgehead atoms. The highest BCUT2D eigenvalue weighted by molar-refractivity contribution is 5.76. The van der Waals surface area contributed by atoms with Gasteiger partial charge in [-0.3, -0.25) is 14.3 Å². The third kappa shape index (κ3) is 3.72. The lowest BCUT2D eigenvalue weighted by Crippen LogP contribution is -2.42. The number of hydrogen-bond donors (Lipinski definition) is 0. The highest BCUT2D eigenvalue weighted by Crippen LogP contribution is 2.31. The molecular weight excluding hydrogens is 332 g/mol. The van der Waals surface area contributed by atoms with E-state index in [0.29, 0.717) is 25.6 Å². The number of carbonyl (C=O) groups is 1. The lowest BCUT2D eigenvalue weighted by atomic mass is 9.97. The van der Waals surface area contributed by atoms with Crippen LogP contribution in [0.15, 0.2) is 35.4 Å². The molecule has 0 radical (unpaired) electrons. The maximum atomic E-state index is 12.8. The third-order valence-electron chi connectivity index (χ3n) is 5.05. The molecule has 138 valence electrons. The average Bonchev–Trinajstić information content (AvgIpc) is 3.36. The normalized spacial score (nSPS) is 19.4. The van der Waals surface area contributed by atoms with Crippen molar-refractivity contribution in [2.75, 3.05) is 19.8 Å². The number of ether oxygens (including phenoxy) is 1. The molecule has 1 amide bonds. The molecule has 0 aromatic carbocycles. The number of pyridine rings is 1. The van der Waals surface area contributed by atoms with Gasteiger partial charge in [0.25, 0.3) is 5.56 Å². The molecule has 2 aromatic rings. The standard InChI is InChI=1S/C19H24N4O3/c1-21-8-15-9-23(18(25)11-22-7-3-2-4-17(22)24)10-16(19(15)20-21)13-26-12-14-5-6-14/h2-4,7-8,14,16H,5-6,9-13H2,1H3. The zero-order chi connectivity index (χ0) is 18.1. The quantitative estimate of drug-likeness (QED) is 0.778. The molecule has 1 saturated carbocycles. The van der Waals surface area contributed by atoms with E-state index in [9.17, 15) is 9.59 Å². The number of aryl methyl sites for hydroxylation is 1. The monoisotopic (exact) mass is 356 g/mol. The zero-order valence-electron chi connectivity index (χ0n) is 15.0. The molecule has 7 heteroatoms. The molecule has 1 aliphatic heterocycles. The van der Waals surface area contributed by atoms with E-state index >= 15 is 0 Å². The zero-order valence-corrected chi connectivity index (χ0v) is 15.0. The molecule has 0 spiro atoms. The maximum absolute atomic E-state index is 12.8. The fraction of sp³-hybridized carbons (Fsp3) is 0.526. The van der Waals surface area contributed by atoms with Crippen LogP contribution in [0.1, 0.15) is 30.0 Å². The molecule has 2 aromatic heterocycles. The number of fused-ring (bicyclic) bond motifs is 1. The van der Waals surface area contributed by atoms with Gasteiger partial charge in [0.1, 0.15) is 6.54 Å². The van der Waals surface area contributed by atoms with Crippen molar-refractivity contribution in [2.45, 2.75) is 31.8 Å². The Kier molecular flexibility index (Phi) is 4.63. The van der Waals surface area contributed by atoms with Gasteiger partial charge >= 0.3 is 0 Å². The minimum atomic E-state index is -0.163. The van der Waals surface area contributed by atoms with Crippen LogP contribution in [0.4, 0.5) is 0 Å². The summed E-state index contributed by atoms with van der Waals surface area (Å²) >= 11 is 0. The Morgan fingerprint density at radius 1 is 1.31 bits per heavy atom. The Labute approximate surface area is 152 Å². The molecule has 0 N–H and O–H groups in total. The van der Waals surface area contributed by atoms with Gasteiger partial charge in [-0.1, -0.05) is 6.07 Å². The van der Waals surface area contributed by atoms with Crippen molar-refractivity contribution in [2.24, 2.45) is 13.0 Å². The van der Waals surface area contributed by atoms with Gasteiger partial charge in [-0.25, -0.2) is 0 Å². The van der Waals surface area contributed by atoms with Gasteiger partial charge in [0.15, 0.2) is 0 Å². The number of carbonyl (C=O) groups excluding carboxylic acids is 1. The SMILES string of the molecule is Cn1cc2c(n1)C(COCC1CC1)CN(C(=O)Cn1ccccc1=O)C2. The second-order valence-corrected chi connectivity index (χ2v) is 7.33. The van der Waals surface area contributed by atoms with Crippen LogP contribution in [0.3, 0.4) is 0 Å². The minimum absolute atomic E-state index is 0.0556. The molecule has 7 nitrogen and oxygen atoms in total. The van der Waals surface area contributed by atoms with Crippen LogP contribution in [-0.2, 0) is 29.7 Å². The van der Waals surface area contributed by atoms with Crippen LogP contribution >= 0.6 is 0 Å². The number of amides is 1. The largest absolute Gasteiger partial charge is 0.380 e. The van der Waals surface area contributed by atoms with E-state index in [1.54, 1.807) is 23.0 Å². The molecule has 1 atom stereocenters. The molecular formula is C19H24N4O3. The van der Waals surface area contributed by atoms with Crippen LogP contribution in [0, 0.1) is 5.92 Å². The Balaban J connectivity index is 1.47. The topological polar surface area (TPSA) is 69.4 Å². The number of hydrogen-bond acceptors (Lipinski definition) is 4. The van der Waals surface area contributed by atoms with Crippen LogP contribution < -0.4 is 5.56 Å². The molecule has 2 aliphatic rings. The first-order valence-corrected chi connectivity index (χ1v) is 9.13. The van der Waals surface area contributed by atoms with Crippen molar-refractivity contribution < 1.29 is 9.53 Å². The molecule has 1 fully saturated rings. The summed E-state index contributed by atoms with van der Waals surface area (Å²) in [6, 6.07) is 4.91. The van der Waals surface area contributed by atoms with Gasteiger partial charge in [-0.05, 0) is 24.8 Å². The first kappa shape index (κ1) is 17.0. The minimum Gasteiger partial charge on any atom is -0.380 e. The van der Waals surface area contributed by atoms with E-state index in [0.717, 1.165) is 17.9 Å². The summed E-state index contributed by atoms with van der Waals surface area (Å²) in [5, 5.41) is 4.58. The Morgan fingerprint density at radius 3 is 2.92 bits per heavy atom. The van der Waals surface area contributed by atoms with Crippen molar-refractivity contribution in [3.63, 3.8) is 0 Å². The fourth-order valence-corrected chi connectivity index (χ4v) is 3.46. The highest BCUT2D eigenvalue weighted by atomic mass is 16.5. The summed E-state index contributed by atoms with van der Waals surface area (Å²) in [4.78, 5) is 26.5. The van der Waals surface area contributed by atoms with Gasteiger partial charge < -0.3 is 14.2 Å². The van der Waals surface area contributed by atoms with Crippen LogP contribution in [0.25, 0.3) is 0 Å². The van der Waals surface area contributed by atoms with E-state index in [2.05, 4.69) is 5.10 Å². The lowest BCUT2D eigenvalue weighted by molar-refractivity contribution is -0.133. The molecule has 0 saturated heterocycles. The smallest absolute Gasteiger partial charge is 0.250 e. The molecule has 3 heterocycles. The second-order valence-electron chi connectivity index (χ2n) is 7.33. The fourth-order valence-electron chi connectivity index (χ4n) is 3.46. The van der Waals surface area contributed by atoms with Crippen molar-refractivity contribution in [3.05, 3.63) is 52.2 Å². The Morgan fingerprint density at radius 2 is 2.15 bits per heavy atom. The lowest BCUT2D eigenvalue weighted by Gasteiger charge is -2.32. The van der Waals surface area contributed by atoms with Gasteiger partial charge in [0, 0.05) is 56.7 Å². The first-order chi connectivity index (χ1) is 12.6. The number of nitrogens with zero attached hydrogens (tertiary/aromatic N) is 4. The van der Waals surface area contributed by atoms with E-state index in [1.807, 2.05) is 18.1 Å². The van der Waals surface area contributed by atoms with Crippen LogP contribution in [-0.4, -0.2) is 44.9 Å². The van der Waals surface area contributed by atoms with Gasteiger partial charge in [0.2, 0.25) is 5.91 Å². The van der Waals surface area contributed by atoms with Crippen molar-refractivity contribution >= 4 is 5.91 Å². The highest BCUT2D eigenvalue weighted by Gasteiger charge is 2.31. The molecule has 4 rings (SSSR count). The maximum Gasteiger partial charge on any atom is 0.250 e. The summed E-state index contributed by atoms with van der Waals surface area (Å²) in [7, 11) is 1.90. The summed E-state index contributed by atoms with van der Waals surface area (Å²) in [6.07, 6.45) is 6.14. The molecule has 26 heavy (non-hydrogen) atoms. The molecule has 1 unspecified atom stereocenters. The van der Waals surface area contributed by atoms with Crippen molar-refractivity contribution in [1.82, 2.24) is 19.2 Å². The third-order valence-corrected chi connectivity index (χ3v) is 5.05. The second kappa shape index (κ2) is 7.07. The predicted octanol–water partition coefficient (Wildman–Crippen LogP) is 1.13. The Hall–Kier alpha value is -2.41. The summed E-state index contributed by atoms with van der Waals surface area (Å²) in [6.45, 7) is 2.55. The van der Waals surface area contributed by atoms with Crippen molar-refractivity contribution in [1.29, 1.82) is 0 Å². The predicted molar refractivity (Wildman–Crippen MR) is 95.6 cm³/mol. The van der Waals surface area contributed by atoms with Crippen LogP contribution in [0.5, 0.6) is 0 Å². The van der Waals surface area contributed by atoms with E-state index in [4.69, 9.17) is 4.74 Å². The van der Waals surface area contributed by atoms with Gasteiger partial charge in [-0.15, -0.1) is 0 Å². The van der Waals surface area contributed by atoms with E-state index < -0.39 is 0 Å². The number of aromatic nitrogens is 3.